The Balaban J connectivity index is 1.81. The van der Waals surface area contributed by atoms with Gasteiger partial charge in [0.05, 0.1) is 23.3 Å². The maximum absolute atomic E-state index is 13.7. The maximum Gasteiger partial charge on any atom is 0.233 e. The molecule has 0 saturated carbocycles. The van der Waals surface area contributed by atoms with Crippen molar-refractivity contribution in [2.24, 2.45) is 0 Å². The van der Waals surface area contributed by atoms with E-state index in [1.165, 1.54) is 4.31 Å². The molecule has 0 aromatic heterocycles. The van der Waals surface area contributed by atoms with Crippen LogP contribution in [0.4, 0.5) is 0 Å². The quantitative estimate of drug-likeness (QED) is 0.672. The lowest BCUT2D eigenvalue weighted by Gasteiger charge is -2.43. The van der Waals surface area contributed by atoms with E-state index in [1.54, 1.807) is 18.1 Å². The fourth-order valence-corrected chi connectivity index (χ4v) is 5.92. The molecule has 1 amide bonds. The Bertz CT molecular complexity index is 831. The van der Waals surface area contributed by atoms with Gasteiger partial charge in [0.1, 0.15) is 5.75 Å². The molecule has 0 atom stereocenters. The number of sulfonamides is 1. The molecule has 0 radical (unpaired) electrons. The normalized spacial score (nSPS) is 20.4. The second-order valence-electron chi connectivity index (χ2n) is 7.55. The van der Waals surface area contributed by atoms with E-state index in [9.17, 15) is 13.2 Å². The zero-order valence-electron chi connectivity index (χ0n) is 17.0. The molecule has 0 N–H and O–H groups in total. The molecular weight excluding hydrogens is 416 g/mol. The number of methoxy groups -OCH3 is 1. The summed E-state index contributed by atoms with van der Waals surface area (Å²) < 4.78 is 36.9. The summed E-state index contributed by atoms with van der Waals surface area (Å²) in [6.45, 7) is 4.32. The minimum absolute atomic E-state index is 0.0228. The van der Waals surface area contributed by atoms with Gasteiger partial charge in [-0.25, -0.2) is 8.42 Å². The highest BCUT2D eigenvalue weighted by molar-refractivity contribution is 7.89. The number of hydrogen-bond acceptors (Lipinski definition) is 5. The number of hydrogen-bond donors (Lipinski definition) is 0. The topological polar surface area (TPSA) is 76.2 Å². The number of carbonyl (C=O) groups excluding carboxylic acids is 1. The fourth-order valence-electron chi connectivity index (χ4n) is 4.17. The highest BCUT2D eigenvalue weighted by Gasteiger charge is 2.45. The number of benzene rings is 1. The van der Waals surface area contributed by atoms with Gasteiger partial charge in [-0.2, -0.15) is 4.31 Å². The molecule has 1 aromatic carbocycles. The molecule has 2 heterocycles. The summed E-state index contributed by atoms with van der Waals surface area (Å²) in [6, 6.07) is 5.50. The summed E-state index contributed by atoms with van der Waals surface area (Å²) in [5.74, 6) is 0.737. The van der Waals surface area contributed by atoms with Crippen LogP contribution in [-0.4, -0.2) is 75.8 Å². The molecule has 2 aliphatic heterocycles. The molecule has 9 heteroatoms. The van der Waals surface area contributed by atoms with Crippen molar-refractivity contribution in [3.63, 3.8) is 0 Å². The highest BCUT2D eigenvalue weighted by Crippen LogP contribution is 2.40. The molecule has 162 valence electrons. The number of nitrogens with zero attached hydrogens (tertiary/aromatic N) is 2. The van der Waals surface area contributed by atoms with E-state index in [1.807, 2.05) is 19.1 Å². The molecule has 0 unspecified atom stereocenters. The van der Waals surface area contributed by atoms with Crippen LogP contribution in [0.25, 0.3) is 0 Å². The van der Waals surface area contributed by atoms with Gasteiger partial charge in [-0.3, -0.25) is 4.79 Å². The van der Waals surface area contributed by atoms with Crippen molar-refractivity contribution in [3.8, 4) is 5.75 Å². The number of amides is 1. The lowest BCUT2D eigenvalue weighted by Crippen LogP contribution is -2.56. The minimum atomic E-state index is -3.24. The van der Waals surface area contributed by atoms with Gasteiger partial charge >= 0.3 is 0 Å². The lowest BCUT2D eigenvalue weighted by atomic mass is 9.73. The second-order valence-corrected chi connectivity index (χ2v) is 10.0. The minimum Gasteiger partial charge on any atom is -0.495 e. The zero-order chi connectivity index (χ0) is 21.1. The van der Waals surface area contributed by atoms with Crippen LogP contribution in [0.3, 0.4) is 0 Å². The molecule has 7 nitrogen and oxygen atoms in total. The van der Waals surface area contributed by atoms with Crippen LogP contribution in [0.1, 0.15) is 31.7 Å². The van der Waals surface area contributed by atoms with Gasteiger partial charge in [0.15, 0.2) is 0 Å². The van der Waals surface area contributed by atoms with E-state index in [4.69, 9.17) is 21.1 Å². The molecule has 3 rings (SSSR count). The van der Waals surface area contributed by atoms with Crippen molar-refractivity contribution >= 4 is 27.5 Å². The van der Waals surface area contributed by atoms with Crippen molar-refractivity contribution in [2.45, 2.75) is 31.6 Å². The second kappa shape index (κ2) is 9.20. The summed E-state index contributed by atoms with van der Waals surface area (Å²) in [6.07, 6.45) is 1.73. The van der Waals surface area contributed by atoms with Crippen molar-refractivity contribution in [1.82, 2.24) is 9.21 Å². The molecule has 2 saturated heterocycles. The Morgan fingerprint density at radius 1 is 1.21 bits per heavy atom. The SMILES string of the molecule is CCCS(=O)(=O)N1CCN(C(=O)C2(c3ccc(OC)c(Cl)c3)CCOCC2)CC1. The Morgan fingerprint density at radius 3 is 2.41 bits per heavy atom. The van der Waals surface area contributed by atoms with Crippen LogP contribution in [0.2, 0.25) is 5.02 Å². The summed E-state index contributed by atoms with van der Waals surface area (Å²) in [7, 11) is -1.69. The van der Waals surface area contributed by atoms with Gasteiger partial charge in [0, 0.05) is 39.4 Å². The van der Waals surface area contributed by atoms with Crippen molar-refractivity contribution < 1.29 is 22.7 Å². The van der Waals surface area contributed by atoms with Crippen LogP contribution in [0.15, 0.2) is 18.2 Å². The van der Waals surface area contributed by atoms with E-state index < -0.39 is 15.4 Å². The van der Waals surface area contributed by atoms with Gasteiger partial charge in [-0.05, 0) is 37.0 Å². The van der Waals surface area contributed by atoms with Gasteiger partial charge < -0.3 is 14.4 Å². The van der Waals surface area contributed by atoms with Crippen LogP contribution < -0.4 is 4.74 Å². The van der Waals surface area contributed by atoms with Gasteiger partial charge in [0.25, 0.3) is 0 Å². The standard InChI is InChI=1S/C20H29ClN2O5S/c1-3-14-29(25,26)23-10-8-22(9-11-23)19(24)20(6-12-28-13-7-20)16-4-5-18(27-2)17(21)15-16/h4-5,15H,3,6-14H2,1-2H3. The summed E-state index contributed by atoms with van der Waals surface area (Å²) in [4.78, 5) is 15.4. The van der Waals surface area contributed by atoms with Crippen molar-refractivity contribution in [3.05, 3.63) is 28.8 Å². The molecule has 29 heavy (non-hydrogen) atoms. The first-order valence-corrected chi connectivity index (χ1v) is 12.0. The third kappa shape index (κ3) is 4.55. The molecule has 1 aromatic rings. The third-order valence-electron chi connectivity index (χ3n) is 5.84. The number of carbonyl (C=O) groups is 1. The predicted molar refractivity (Wildman–Crippen MR) is 112 cm³/mol. The fraction of sp³-hybridized carbons (Fsp3) is 0.650. The van der Waals surface area contributed by atoms with Gasteiger partial charge in [-0.15, -0.1) is 0 Å². The Morgan fingerprint density at radius 2 is 1.86 bits per heavy atom. The molecule has 0 spiro atoms. The lowest BCUT2D eigenvalue weighted by molar-refractivity contribution is -0.142. The summed E-state index contributed by atoms with van der Waals surface area (Å²) >= 11 is 6.35. The zero-order valence-corrected chi connectivity index (χ0v) is 18.6. The first-order chi connectivity index (χ1) is 13.8. The average molecular weight is 445 g/mol. The first kappa shape index (κ1) is 22.3. The van der Waals surface area contributed by atoms with E-state index in [2.05, 4.69) is 0 Å². The first-order valence-electron chi connectivity index (χ1n) is 10.0. The van der Waals surface area contributed by atoms with E-state index >= 15 is 0 Å². The number of ether oxygens (including phenoxy) is 2. The van der Waals surface area contributed by atoms with Crippen LogP contribution in [0, 0.1) is 0 Å². The average Bonchev–Trinajstić information content (AvgIpc) is 2.73. The van der Waals surface area contributed by atoms with E-state index in [0.29, 0.717) is 69.4 Å². The smallest absolute Gasteiger partial charge is 0.233 e. The predicted octanol–water partition coefficient (Wildman–Crippen LogP) is 2.28. The van der Waals surface area contributed by atoms with E-state index in [-0.39, 0.29) is 11.7 Å². The Hall–Kier alpha value is -1.35. The van der Waals surface area contributed by atoms with Crippen LogP contribution in [0.5, 0.6) is 5.75 Å². The highest BCUT2D eigenvalue weighted by atomic mass is 35.5. The van der Waals surface area contributed by atoms with E-state index in [0.717, 1.165) is 5.56 Å². The number of rotatable bonds is 6. The molecule has 2 fully saturated rings. The third-order valence-corrected chi connectivity index (χ3v) is 8.21. The molecule has 0 aliphatic carbocycles. The van der Waals surface area contributed by atoms with Crippen molar-refractivity contribution in [1.29, 1.82) is 0 Å². The van der Waals surface area contributed by atoms with Crippen LogP contribution >= 0.6 is 11.6 Å². The van der Waals surface area contributed by atoms with Gasteiger partial charge in [0.2, 0.25) is 15.9 Å². The van der Waals surface area contributed by atoms with Gasteiger partial charge in [-0.1, -0.05) is 24.6 Å². The van der Waals surface area contributed by atoms with Crippen LogP contribution in [-0.2, 0) is 25.0 Å². The van der Waals surface area contributed by atoms with Crippen molar-refractivity contribution in [2.75, 3.05) is 52.3 Å². The maximum atomic E-state index is 13.7. The number of piperazine rings is 1. The Kier molecular flexibility index (Phi) is 7.09. The molecule has 2 aliphatic rings. The summed E-state index contributed by atoms with van der Waals surface area (Å²) in [5, 5.41) is 0.471. The summed E-state index contributed by atoms with van der Waals surface area (Å²) in [5.41, 5.74) is 0.149. The Labute approximate surface area is 178 Å². The monoisotopic (exact) mass is 444 g/mol. The number of halogens is 1. The molecule has 0 bridgehead atoms. The molecular formula is C20H29ClN2O5S. The largest absolute Gasteiger partial charge is 0.495 e.